The first-order valence-electron chi connectivity index (χ1n) is 6.00. The number of nitrogens with two attached hydrogens (primary N) is 1. The molecule has 2 aromatic rings. The molecule has 1 unspecified atom stereocenters. The maximum atomic E-state index is 12.8. The topological polar surface area (TPSA) is 38.9 Å². The van der Waals surface area contributed by atoms with Crippen molar-refractivity contribution in [1.29, 1.82) is 0 Å². The van der Waals surface area contributed by atoms with Gasteiger partial charge in [0, 0.05) is 33.3 Å². The molecular formula is C14H11Br2F3N2. The van der Waals surface area contributed by atoms with E-state index >= 15 is 0 Å². The molecule has 112 valence electrons. The Balaban J connectivity index is 2.26. The van der Waals surface area contributed by atoms with Crippen LogP contribution < -0.4 is 5.73 Å². The summed E-state index contributed by atoms with van der Waals surface area (Å²) in [7, 11) is 0. The smallest absolute Gasteiger partial charge is 0.324 e. The van der Waals surface area contributed by atoms with E-state index in [1.807, 2.05) is 6.07 Å². The summed E-state index contributed by atoms with van der Waals surface area (Å²) in [4.78, 5) is 4.18. The lowest BCUT2D eigenvalue weighted by Crippen LogP contribution is -2.16. The molecule has 0 bridgehead atoms. The summed E-state index contributed by atoms with van der Waals surface area (Å²) >= 11 is 6.52. The van der Waals surface area contributed by atoms with Gasteiger partial charge in [-0.25, -0.2) is 0 Å². The molecule has 0 amide bonds. The maximum absolute atomic E-state index is 12.8. The maximum Gasteiger partial charge on any atom is 0.416 e. The Morgan fingerprint density at radius 3 is 2.43 bits per heavy atom. The van der Waals surface area contributed by atoms with Gasteiger partial charge in [-0.3, -0.25) is 4.98 Å². The molecule has 1 aromatic heterocycles. The number of pyridine rings is 1. The molecule has 7 heteroatoms. The van der Waals surface area contributed by atoms with Gasteiger partial charge in [-0.15, -0.1) is 0 Å². The molecule has 2 nitrogen and oxygen atoms in total. The molecular weight excluding hydrogens is 413 g/mol. The van der Waals surface area contributed by atoms with E-state index in [-0.39, 0.29) is 0 Å². The number of benzene rings is 1. The Hall–Kier alpha value is -0.920. The van der Waals surface area contributed by atoms with Crippen molar-refractivity contribution in [2.24, 2.45) is 5.73 Å². The summed E-state index contributed by atoms with van der Waals surface area (Å²) < 4.78 is 39.7. The molecule has 0 aliphatic rings. The first kappa shape index (κ1) is 16.5. The van der Waals surface area contributed by atoms with Crippen molar-refractivity contribution in [1.82, 2.24) is 4.98 Å². The molecule has 0 aliphatic carbocycles. The zero-order valence-electron chi connectivity index (χ0n) is 10.7. The second kappa shape index (κ2) is 6.46. The van der Waals surface area contributed by atoms with Gasteiger partial charge in [0.1, 0.15) is 0 Å². The van der Waals surface area contributed by atoms with Crippen LogP contribution in [0.2, 0.25) is 0 Å². The number of halogens is 5. The molecule has 2 rings (SSSR count). The first-order valence-corrected chi connectivity index (χ1v) is 7.58. The van der Waals surface area contributed by atoms with Crippen LogP contribution in [0.5, 0.6) is 0 Å². The van der Waals surface area contributed by atoms with Gasteiger partial charge in [0.25, 0.3) is 0 Å². The molecule has 21 heavy (non-hydrogen) atoms. The number of aromatic nitrogens is 1. The zero-order chi connectivity index (χ0) is 15.6. The molecule has 0 saturated carbocycles. The summed E-state index contributed by atoms with van der Waals surface area (Å²) in [5, 5.41) is 0. The normalized spacial score (nSPS) is 13.2. The second-order valence-electron chi connectivity index (χ2n) is 4.51. The number of rotatable bonds is 3. The van der Waals surface area contributed by atoms with E-state index in [0.717, 1.165) is 22.3 Å². The summed E-state index contributed by atoms with van der Waals surface area (Å²) in [5.74, 6) is 0. The minimum atomic E-state index is -4.38. The molecule has 0 aliphatic heterocycles. The summed E-state index contributed by atoms with van der Waals surface area (Å²) in [6, 6.07) is 6.50. The van der Waals surface area contributed by atoms with Gasteiger partial charge < -0.3 is 5.73 Å². The third kappa shape index (κ3) is 4.28. The minimum Gasteiger partial charge on any atom is -0.324 e. The van der Waals surface area contributed by atoms with Gasteiger partial charge >= 0.3 is 6.18 Å². The minimum absolute atomic E-state index is 0.354. The fourth-order valence-electron chi connectivity index (χ4n) is 1.87. The van der Waals surface area contributed by atoms with Crippen LogP contribution in [0.1, 0.15) is 22.9 Å². The summed E-state index contributed by atoms with van der Waals surface area (Å²) in [6.45, 7) is 0. The van der Waals surface area contributed by atoms with Crippen LogP contribution in [0.4, 0.5) is 13.2 Å². The quantitative estimate of drug-likeness (QED) is 0.764. The Morgan fingerprint density at radius 2 is 1.86 bits per heavy atom. The van der Waals surface area contributed by atoms with Crippen LogP contribution in [-0.2, 0) is 12.6 Å². The highest BCUT2D eigenvalue weighted by Crippen LogP contribution is 2.34. The third-order valence-electron chi connectivity index (χ3n) is 2.94. The number of alkyl halides is 3. The van der Waals surface area contributed by atoms with E-state index < -0.39 is 17.8 Å². The van der Waals surface area contributed by atoms with Crippen molar-refractivity contribution in [3.05, 3.63) is 62.3 Å². The third-order valence-corrected chi connectivity index (χ3v) is 4.13. The van der Waals surface area contributed by atoms with Crippen molar-refractivity contribution in [3.63, 3.8) is 0 Å². The first-order chi connectivity index (χ1) is 9.77. The Bertz CT molecular complexity index is 627. The number of hydrogen-bond donors (Lipinski definition) is 1. The molecule has 0 spiro atoms. The SMILES string of the molecule is NC(Cc1ccc(Br)cn1)c1cc(C(F)(F)F)ccc1Br. The Labute approximate surface area is 136 Å². The molecule has 0 saturated heterocycles. The van der Waals surface area contributed by atoms with Crippen LogP contribution in [-0.4, -0.2) is 4.98 Å². The van der Waals surface area contributed by atoms with Gasteiger partial charge in [-0.2, -0.15) is 13.2 Å². The van der Waals surface area contributed by atoms with E-state index in [9.17, 15) is 13.2 Å². The fraction of sp³-hybridized carbons (Fsp3) is 0.214. The van der Waals surface area contributed by atoms with Gasteiger partial charge in [-0.1, -0.05) is 15.9 Å². The lowest BCUT2D eigenvalue weighted by molar-refractivity contribution is -0.137. The van der Waals surface area contributed by atoms with Crippen LogP contribution >= 0.6 is 31.9 Å². The predicted octanol–water partition coefficient (Wildman–Crippen LogP) is 4.87. The van der Waals surface area contributed by atoms with Crippen molar-refractivity contribution in [3.8, 4) is 0 Å². The van der Waals surface area contributed by atoms with E-state index in [1.165, 1.54) is 6.07 Å². The van der Waals surface area contributed by atoms with Gasteiger partial charge in [0.15, 0.2) is 0 Å². The van der Waals surface area contributed by atoms with E-state index in [2.05, 4.69) is 36.8 Å². The predicted molar refractivity (Wildman–Crippen MR) is 81.7 cm³/mol. The average Bonchev–Trinajstić information content (AvgIpc) is 2.40. The number of nitrogens with zero attached hydrogens (tertiary/aromatic N) is 1. The molecule has 1 atom stereocenters. The lowest BCUT2D eigenvalue weighted by Gasteiger charge is -2.16. The zero-order valence-corrected chi connectivity index (χ0v) is 13.8. The number of hydrogen-bond acceptors (Lipinski definition) is 2. The highest BCUT2D eigenvalue weighted by atomic mass is 79.9. The largest absolute Gasteiger partial charge is 0.416 e. The van der Waals surface area contributed by atoms with Crippen molar-refractivity contribution >= 4 is 31.9 Å². The molecule has 1 heterocycles. The molecule has 1 aromatic carbocycles. The van der Waals surface area contributed by atoms with Gasteiger partial charge in [0.05, 0.1) is 5.56 Å². The fourth-order valence-corrected chi connectivity index (χ4v) is 2.64. The van der Waals surface area contributed by atoms with Crippen molar-refractivity contribution in [2.75, 3.05) is 0 Å². The highest BCUT2D eigenvalue weighted by molar-refractivity contribution is 9.10. The molecule has 0 fully saturated rings. The Kier molecular flexibility index (Phi) is 5.06. The average molecular weight is 424 g/mol. The summed E-state index contributed by atoms with van der Waals surface area (Å²) in [6.07, 6.45) is -2.40. The lowest BCUT2D eigenvalue weighted by atomic mass is 10.00. The van der Waals surface area contributed by atoms with Crippen molar-refractivity contribution < 1.29 is 13.2 Å². The molecule has 0 radical (unpaired) electrons. The highest BCUT2D eigenvalue weighted by Gasteiger charge is 2.31. The van der Waals surface area contributed by atoms with Gasteiger partial charge in [-0.05, 0) is 51.8 Å². The van der Waals surface area contributed by atoms with E-state index in [1.54, 1.807) is 12.3 Å². The summed E-state index contributed by atoms with van der Waals surface area (Å²) in [5.41, 5.74) is 6.45. The van der Waals surface area contributed by atoms with E-state index in [4.69, 9.17) is 5.73 Å². The van der Waals surface area contributed by atoms with Crippen LogP contribution in [0, 0.1) is 0 Å². The molecule has 2 N–H and O–H groups in total. The van der Waals surface area contributed by atoms with E-state index in [0.29, 0.717) is 16.5 Å². The van der Waals surface area contributed by atoms with Crippen molar-refractivity contribution in [2.45, 2.75) is 18.6 Å². The van der Waals surface area contributed by atoms with Crippen LogP contribution in [0.15, 0.2) is 45.5 Å². The van der Waals surface area contributed by atoms with Gasteiger partial charge in [0.2, 0.25) is 0 Å². The Morgan fingerprint density at radius 1 is 1.14 bits per heavy atom. The van der Waals surface area contributed by atoms with Crippen LogP contribution in [0.25, 0.3) is 0 Å². The van der Waals surface area contributed by atoms with Crippen LogP contribution in [0.3, 0.4) is 0 Å². The monoisotopic (exact) mass is 422 g/mol. The standard InChI is InChI=1S/C14H11Br2F3N2/c15-9-2-3-10(21-7-9)6-13(20)11-5-8(14(17,18)19)1-4-12(11)16/h1-5,7,13H,6,20H2. The second-order valence-corrected chi connectivity index (χ2v) is 6.28.